The summed E-state index contributed by atoms with van der Waals surface area (Å²) in [6.07, 6.45) is 7.50. The number of hydrogen-bond acceptors (Lipinski definition) is 2. The zero-order valence-corrected chi connectivity index (χ0v) is 22.8. The van der Waals surface area contributed by atoms with E-state index in [4.69, 9.17) is 9.47 Å². The van der Waals surface area contributed by atoms with E-state index >= 15 is 0 Å². The van der Waals surface area contributed by atoms with E-state index < -0.39 is 0 Å². The molecule has 0 amide bonds. The fourth-order valence-electron chi connectivity index (χ4n) is 7.78. The van der Waals surface area contributed by atoms with Crippen LogP contribution in [0, 0.1) is 45.3 Å². The molecule has 2 heterocycles. The van der Waals surface area contributed by atoms with Crippen molar-refractivity contribution in [3.8, 4) is 0 Å². The second-order valence-electron chi connectivity index (χ2n) is 16.1. The minimum atomic E-state index is 0.103. The van der Waals surface area contributed by atoms with Crippen LogP contribution in [0.4, 0.5) is 0 Å². The van der Waals surface area contributed by atoms with E-state index in [1.807, 2.05) is 0 Å². The first-order chi connectivity index (χ1) is 13.8. The number of ether oxygens (including phenoxy) is 2. The van der Waals surface area contributed by atoms with Crippen molar-refractivity contribution in [1.29, 1.82) is 0 Å². The van der Waals surface area contributed by atoms with Gasteiger partial charge in [-0.1, -0.05) is 83.1 Å². The highest BCUT2D eigenvalue weighted by molar-refractivity contribution is 5.19. The summed E-state index contributed by atoms with van der Waals surface area (Å²) in [5.41, 5.74) is 1.27. The van der Waals surface area contributed by atoms with Crippen LogP contribution in [-0.2, 0) is 9.47 Å². The van der Waals surface area contributed by atoms with E-state index in [2.05, 4.69) is 83.1 Å². The summed E-state index contributed by atoms with van der Waals surface area (Å²) in [5, 5.41) is 0. The van der Waals surface area contributed by atoms with E-state index in [1.54, 1.807) is 0 Å². The maximum absolute atomic E-state index is 6.64. The Morgan fingerprint density at radius 2 is 0.903 bits per heavy atom. The summed E-state index contributed by atoms with van der Waals surface area (Å²) in [7, 11) is 0. The quantitative estimate of drug-likeness (QED) is 0.414. The fraction of sp³-hybridized carbons (Fsp3) is 1.00. The van der Waals surface area contributed by atoms with Gasteiger partial charge in [-0.15, -0.1) is 0 Å². The molecule has 2 saturated heterocycles. The van der Waals surface area contributed by atoms with Crippen LogP contribution in [0.2, 0.25) is 0 Å². The number of rotatable bonds is 2. The number of hydrogen-bond donors (Lipinski definition) is 0. The number of fused-ring (bicyclic) bond motifs is 2. The van der Waals surface area contributed by atoms with Gasteiger partial charge in [0.25, 0.3) is 0 Å². The molecular weight excluding hydrogens is 380 g/mol. The Labute approximate surface area is 193 Å². The van der Waals surface area contributed by atoms with E-state index in [0.29, 0.717) is 34.9 Å². The monoisotopic (exact) mass is 432 g/mol. The summed E-state index contributed by atoms with van der Waals surface area (Å²) in [6, 6.07) is 0. The molecule has 4 aliphatic rings. The Bertz CT molecular complexity index is 636. The second kappa shape index (κ2) is 6.74. The summed E-state index contributed by atoms with van der Waals surface area (Å²) in [4.78, 5) is 0. The molecule has 2 aliphatic carbocycles. The lowest BCUT2D eigenvalue weighted by atomic mass is 9.56. The molecule has 0 bridgehead atoms. The standard InChI is InChI=1S/C29H52O2/c1-24(2,3)20-14-18(16-28(22(20)30-28)26(7,8)9)13-19-15-21(25(4,5)6)23-29(17-19,31-23)27(10,11)12/h18-23H,13-17H2,1-12H3. The molecule has 31 heavy (non-hydrogen) atoms. The lowest BCUT2D eigenvalue weighted by Crippen LogP contribution is -2.46. The molecule has 2 heteroatoms. The lowest BCUT2D eigenvalue weighted by Gasteiger charge is -2.45. The van der Waals surface area contributed by atoms with Crippen molar-refractivity contribution in [1.82, 2.24) is 0 Å². The van der Waals surface area contributed by atoms with Gasteiger partial charge in [0, 0.05) is 0 Å². The van der Waals surface area contributed by atoms with Crippen LogP contribution in [0.25, 0.3) is 0 Å². The van der Waals surface area contributed by atoms with E-state index in [9.17, 15) is 0 Å². The molecule has 4 rings (SSSR count). The normalized spacial score (nSPS) is 45.7. The van der Waals surface area contributed by atoms with Crippen molar-refractivity contribution in [2.75, 3.05) is 0 Å². The fourth-order valence-corrected chi connectivity index (χ4v) is 7.78. The zero-order valence-electron chi connectivity index (χ0n) is 22.8. The molecule has 180 valence electrons. The van der Waals surface area contributed by atoms with Crippen LogP contribution in [0.5, 0.6) is 0 Å². The van der Waals surface area contributed by atoms with Gasteiger partial charge in [-0.25, -0.2) is 0 Å². The third-order valence-electron chi connectivity index (χ3n) is 10.00. The van der Waals surface area contributed by atoms with E-state index in [-0.39, 0.29) is 22.0 Å². The molecule has 2 aliphatic heterocycles. The van der Waals surface area contributed by atoms with E-state index in [1.165, 1.54) is 32.1 Å². The predicted molar refractivity (Wildman–Crippen MR) is 130 cm³/mol. The maximum atomic E-state index is 6.64. The first-order valence-corrected chi connectivity index (χ1v) is 13.2. The van der Waals surface area contributed by atoms with E-state index in [0.717, 1.165) is 11.8 Å². The first kappa shape index (κ1) is 24.1. The number of epoxide rings is 2. The summed E-state index contributed by atoms with van der Waals surface area (Å²) in [6.45, 7) is 29.0. The molecule has 4 fully saturated rings. The van der Waals surface area contributed by atoms with Crippen molar-refractivity contribution in [3.63, 3.8) is 0 Å². The van der Waals surface area contributed by atoms with Gasteiger partial charge in [-0.2, -0.15) is 0 Å². The van der Waals surface area contributed by atoms with Gasteiger partial charge in [0.1, 0.15) is 11.2 Å². The van der Waals surface area contributed by atoms with Gasteiger partial charge in [-0.3, -0.25) is 0 Å². The largest absolute Gasteiger partial charge is 0.365 e. The molecule has 2 saturated carbocycles. The Morgan fingerprint density at radius 3 is 1.16 bits per heavy atom. The van der Waals surface area contributed by atoms with Crippen LogP contribution in [0.15, 0.2) is 0 Å². The Morgan fingerprint density at radius 1 is 0.581 bits per heavy atom. The molecule has 2 nitrogen and oxygen atoms in total. The van der Waals surface area contributed by atoms with Crippen LogP contribution in [0.3, 0.4) is 0 Å². The molecule has 0 aromatic heterocycles. The average Bonchev–Trinajstić information content (AvgIpc) is 3.42. The highest BCUT2D eigenvalue weighted by Crippen LogP contribution is 2.67. The van der Waals surface area contributed by atoms with Crippen LogP contribution in [0.1, 0.15) is 115 Å². The molecule has 8 atom stereocenters. The van der Waals surface area contributed by atoms with Crippen LogP contribution in [-0.4, -0.2) is 23.4 Å². The van der Waals surface area contributed by atoms with Gasteiger partial charge in [-0.05, 0) is 77.4 Å². The van der Waals surface area contributed by atoms with Crippen LogP contribution >= 0.6 is 0 Å². The van der Waals surface area contributed by atoms with Crippen molar-refractivity contribution in [3.05, 3.63) is 0 Å². The maximum Gasteiger partial charge on any atom is 0.100 e. The predicted octanol–water partition coefficient (Wildman–Crippen LogP) is 7.89. The first-order valence-electron chi connectivity index (χ1n) is 13.2. The van der Waals surface area contributed by atoms with Crippen molar-refractivity contribution in [2.45, 2.75) is 139 Å². The molecular formula is C29H52O2. The third kappa shape index (κ3) is 3.84. The summed E-state index contributed by atoms with van der Waals surface area (Å²) >= 11 is 0. The van der Waals surface area contributed by atoms with Gasteiger partial charge < -0.3 is 9.47 Å². The van der Waals surface area contributed by atoms with Gasteiger partial charge in [0.2, 0.25) is 0 Å². The highest BCUT2D eigenvalue weighted by atomic mass is 16.6. The lowest BCUT2D eigenvalue weighted by molar-refractivity contribution is 0.0570. The molecule has 0 aromatic rings. The minimum absolute atomic E-state index is 0.103. The zero-order chi connectivity index (χ0) is 23.4. The van der Waals surface area contributed by atoms with Crippen molar-refractivity contribution in [2.24, 2.45) is 45.3 Å². The minimum Gasteiger partial charge on any atom is -0.365 e. The molecule has 0 aromatic carbocycles. The smallest absolute Gasteiger partial charge is 0.100 e. The Kier molecular flexibility index (Phi) is 5.23. The third-order valence-corrected chi connectivity index (χ3v) is 10.00. The van der Waals surface area contributed by atoms with Gasteiger partial charge >= 0.3 is 0 Å². The van der Waals surface area contributed by atoms with Gasteiger partial charge in [0.05, 0.1) is 12.2 Å². The summed E-state index contributed by atoms with van der Waals surface area (Å²) in [5.74, 6) is 2.91. The Hall–Kier alpha value is -0.0800. The van der Waals surface area contributed by atoms with Gasteiger partial charge in [0.15, 0.2) is 0 Å². The topological polar surface area (TPSA) is 25.1 Å². The molecule has 0 radical (unpaired) electrons. The molecule has 0 N–H and O–H groups in total. The summed E-state index contributed by atoms with van der Waals surface area (Å²) < 4.78 is 13.3. The van der Waals surface area contributed by atoms with Crippen molar-refractivity contribution < 1.29 is 9.47 Å². The van der Waals surface area contributed by atoms with Crippen LogP contribution < -0.4 is 0 Å². The second-order valence-corrected chi connectivity index (χ2v) is 16.1. The molecule has 8 unspecified atom stereocenters. The highest BCUT2D eigenvalue weighted by Gasteiger charge is 2.71. The SMILES string of the molecule is CC(C)(C)C1CC(CC2CC(C(C)(C)C)C3OC3(C(C)(C)C)C2)CC2(C(C)(C)C)OC12. The molecule has 0 spiro atoms. The average molecular weight is 433 g/mol. The van der Waals surface area contributed by atoms with Crippen molar-refractivity contribution >= 4 is 0 Å². The Balaban J connectivity index is 1.56.